The molecule has 1 amide bonds. The van der Waals surface area contributed by atoms with E-state index in [1.54, 1.807) is 7.11 Å². The van der Waals surface area contributed by atoms with E-state index in [0.29, 0.717) is 12.3 Å². The molecule has 0 N–H and O–H groups in total. The van der Waals surface area contributed by atoms with Crippen molar-refractivity contribution in [1.82, 2.24) is 24.6 Å². The van der Waals surface area contributed by atoms with Gasteiger partial charge >= 0.3 is 0 Å². The SMILES string of the molecule is COc1cccc(Cc2ccc(C3CCN(C(=O)C[C@@H](C)n4nc(C)nc4C)CC3)nc2)c1. The standard InChI is InChI=1S/C26H33N5O2/c1-18(31-20(3)28-19(2)29-31)14-26(32)30-12-10-23(11-13-30)25-9-8-22(17-27-25)15-21-6-5-7-24(16-21)33-4/h5-9,16-18,23H,10-15H2,1-4H3/t18-/m1/s1. The molecule has 1 atom stereocenters. The van der Waals surface area contributed by atoms with Gasteiger partial charge in [0.05, 0.1) is 13.2 Å². The van der Waals surface area contributed by atoms with Gasteiger partial charge in [0.25, 0.3) is 0 Å². The molecule has 4 rings (SSSR count). The molecule has 1 aromatic carbocycles. The van der Waals surface area contributed by atoms with E-state index in [0.717, 1.165) is 55.4 Å². The maximum Gasteiger partial charge on any atom is 0.224 e. The summed E-state index contributed by atoms with van der Waals surface area (Å²) in [7, 11) is 1.69. The van der Waals surface area contributed by atoms with E-state index >= 15 is 0 Å². The Hall–Kier alpha value is -3.22. The Morgan fingerprint density at radius 3 is 2.58 bits per heavy atom. The van der Waals surface area contributed by atoms with Crippen LogP contribution in [0.1, 0.15) is 66.6 Å². The summed E-state index contributed by atoms with van der Waals surface area (Å²) in [6.07, 6.45) is 5.16. The second kappa shape index (κ2) is 10.1. The number of hydrogen-bond donors (Lipinski definition) is 0. The number of methoxy groups -OCH3 is 1. The monoisotopic (exact) mass is 447 g/mol. The maximum atomic E-state index is 12.8. The van der Waals surface area contributed by atoms with Crippen LogP contribution < -0.4 is 4.74 Å². The molecule has 7 nitrogen and oxygen atoms in total. The number of piperidine rings is 1. The van der Waals surface area contributed by atoms with Crippen molar-refractivity contribution in [2.45, 2.75) is 58.4 Å². The smallest absolute Gasteiger partial charge is 0.224 e. The normalized spacial score (nSPS) is 15.5. The summed E-state index contributed by atoms with van der Waals surface area (Å²) >= 11 is 0. The van der Waals surface area contributed by atoms with Gasteiger partial charge in [-0.2, -0.15) is 5.10 Å². The molecule has 3 aromatic rings. The highest BCUT2D eigenvalue weighted by Gasteiger charge is 2.26. The van der Waals surface area contributed by atoms with Crippen LogP contribution in [0, 0.1) is 13.8 Å². The Bertz CT molecular complexity index is 1080. The first-order valence-electron chi connectivity index (χ1n) is 11.7. The number of hydrogen-bond acceptors (Lipinski definition) is 5. The molecule has 1 aliphatic rings. The number of rotatable bonds is 7. The van der Waals surface area contributed by atoms with Gasteiger partial charge in [-0.25, -0.2) is 9.67 Å². The van der Waals surface area contributed by atoms with E-state index in [4.69, 9.17) is 9.72 Å². The van der Waals surface area contributed by atoms with Crippen LogP contribution >= 0.6 is 0 Å². The van der Waals surface area contributed by atoms with Crippen molar-refractivity contribution >= 4 is 5.91 Å². The first kappa shape index (κ1) is 23.0. The minimum absolute atomic E-state index is 0.00946. The van der Waals surface area contributed by atoms with Gasteiger partial charge in [-0.1, -0.05) is 18.2 Å². The Kier molecular flexibility index (Phi) is 7.06. The van der Waals surface area contributed by atoms with Crippen LogP contribution in [0.15, 0.2) is 42.6 Å². The number of carbonyl (C=O) groups excluding carboxylic acids is 1. The number of nitrogens with zero attached hydrogens (tertiary/aromatic N) is 5. The Morgan fingerprint density at radius 1 is 1.15 bits per heavy atom. The zero-order chi connectivity index (χ0) is 23.4. The van der Waals surface area contributed by atoms with Gasteiger partial charge in [0.15, 0.2) is 0 Å². The van der Waals surface area contributed by atoms with Crippen molar-refractivity contribution in [3.63, 3.8) is 0 Å². The summed E-state index contributed by atoms with van der Waals surface area (Å²) in [5, 5.41) is 4.42. The average Bonchev–Trinajstić information content (AvgIpc) is 3.17. The number of carbonyl (C=O) groups is 1. The lowest BCUT2D eigenvalue weighted by atomic mass is 9.92. The van der Waals surface area contributed by atoms with Crippen molar-refractivity contribution in [3.8, 4) is 5.75 Å². The van der Waals surface area contributed by atoms with Crippen LogP contribution in [0.3, 0.4) is 0 Å². The van der Waals surface area contributed by atoms with E-state index in [1.807, 2.05) is 48.7 Å². The molecule has 0 spiro atoms. The molecule has 1 fully saturated rings. The molecular formula is C26H33N5O2. The third-order valence-electron chi connectivity index (χ3n) is 6.45. The fraction of sp³-hybridized carbons (Fsp3) is 0.462. The molecule has 0 radical (unpaired) electrons. The molecule has 0 unspecified atom stereocenters. The van der Waals surface area contributed by atoms with E-state index in [9.17, 15) is 4.79 Å². The number of pyridine rings is 1. The van der Waals surface area contributed by atoms with Crippen molar-refractivity contribution < 1.29 is 9.53 Å². The molecule has 1 saturated heterocycles. The van der Waals surface area contributed by atoms with Gasteiger partial charge in [-0.15, -0.1) is 0 Å². The van der Waals surface area contributed by atoms with Crippen molar-refractivity contribution in [1.29, 1.82) is 0 Å². The first-order chi connectivity index (χ1) is 15.9. The molecule has 174 valence electrons. The van der Waals surface area contributed by atoms with E-state index in [1.165, 1.54) is 11.1 Å². The summed E-state index contributed by atoms with van der Waals surface area (Å²) in [6, 6.07) is 12.5. The van der Waals surface area contributed by atoms with Gasteiger partial charge in [-0.05, 0) is 69.4 Å². The third-order valence-corrected chi connectivity index (χ3v) is 6.45. The number of ether oxygens (including phenoxy) is 1. The summed E-state index contributed by atoms with van der Waals surface area (Å²) in [5.74, 6) is 3.06. The minimum Gasteiger partial charge on any atom is -0.497 e. The fourth-order valence-electron chi connectivity index (χ4n) is 4.65. The second-order valence-electron chi connectivity index (χ2n) is 8.98. The van der Waals surface area contributed by atoms with Crippen LogP contribution in [-0.4, -0.2) is 50.8 Å². The zero-order valence-electron chi connectivity index (χ0n) is 20.0. The molecule has 33 heavy (non-hydrogen) atoms. The number of likely N-dealkylation sites (tertiary alicyclic amines) is 1. The molecule has 0 aliphatic carbocycles. The van der Waals surface area contributed by atoms with E-state index < -0.39 is 0 Å². The summed E-state index contributed by atoms with van der Waals surface area (Å²) in [6.45, 7) is 7.39. The molecular weight excluding hydrogens is 414 g/mol. The maximum absolute atomic E-state index is 12.8. The van der Waals surface area contributed by atoms with Crippen LogP contribution in [0.4, 0.5) is 0 Å². The van der Waals surface area contributed by atoms with E-state index in [-0.39, 0.29) is 11.9 Å². The molecule has 1 aliphatic heterocycles. The highest BCUT2D eigenvalue weighted by molar-refractivity contribution is 5.76. The van der Waals surface area contributed by atoms with Crippen LogP contribution in [0.2, 0.25) is 0 Å². The second-order valence-corrected chi connectivity index (χ2v) is 8.98. The van der Waals surface area contributed by atoms with E-state index in [2.05, 4.69) is 34.3 Å². The van der Waals surface area contributed by atoms with Crippen LogP contribution in [0.25, 0.3) is 0 Å². The number of aromatic nitrogens is 4. The summed E-state index contributed by atoms with van der Waals surface area (Å²) in [5.41, 5.74) is 3.52. The molecule has 2 aromatic heterocycles. The third kappa shape index (κ3) is 5.59. The highest BCUT2D eigenvalue weighted by Crippen LogP contribution is 2.28. The van der Waals surface area contributed by atoms with Crippen LogP contribution in [0.5, 0.6) is 5.75 Å². The Morgan fingerprint density at radius 2 is 1.94 bits per heavy atom. The fourth-order valence-corrected chi connectivity index (χ4v) is 4.65. The number of amides is 1. The topological polar surface area (TPSA) is 73.1 Å². The molecule has 3 heterocycles. The molecule has 7 heteroatoms. The zero-order valence-corrected chi connectivity index (χ0v) is 20.0. The summed E-state index contributed by atoms with van der Waals surface area (Å²) < 4.78 is 7.17. The predicted octanol–water partition coefficient (Wildman–Crippen LogP) is 4.25. The molecule has 0 bridgehead atoms. The van der Waals surface area contributed by atoms with Gasteiger partial charge < -0.3 is 9.64 Å². The van der Waals surface area contributed by atoms with Gasteiger partial charge in [-0.3, -0.25) is 9.78 Å². The molecule has 0 saturated carbocycles. The highest BCUT2D eigenvalue weighted by atomic mass is 16.5. The number of benzene rings is 1. The van der Waals surface area contributed by atoms with Gasteiger partial charge in [0, 0.05) is 37.3 Å². The number of aryl methyl sites for hydroxylation is 2. The van der Waals surface area contributed by atoms with Gasteiger partial charge in [0.2, 0.25) is 5.91 Å². The Labute approximate surface area is 195 Å². The Balaban J connectivity index is 1.29. The van der Waals surface area contributed by atoms with Crippen molar-refractivity contribution in [3.05, 3.63) is 71.1 Å². The quantitative estimate of drug-likeness (QED) is 0.541. The lowest BCUT2D eigenvalue weighted by molar-refractivity contribution is -0.133. The van der Waals surface area contributed by atoms with Crippen LogP contribution in [-0.2, 0) is 11.2 Å². The van der Waals surface area contributed by atoms with Crippen molar-refractivity contribution in [2.24, 2.45) is 0 Å². The van der Waals surface area contributed by atoms with Gasteiger partial charge in [0.1, 0.15) is 17.4 Å². The first-order valence-corrected chi connectivity index (χ1v) is 11.7. The van der Waals surface area contributed by atoms with Crippen molar-refractivity contribution in [2.75, 3.05) is 20.2 Å². The lowest BCUT2D eigenvalue weighted by Gasteiger charge is -2.32. The predicted molar refractivity (Wildman–Crippen MR) is 127 cm³/mol. The minimum atomic E-state index is 0.00946. The summed E-state index contributed by atoms with van der Waals surface area (Å²) in [4.78, 5) is 23.9. The average molecular weight is 448 g/mol. The largest absolute Gasteiger partial charge is 0.497 e. The lowest BCUT2D eigenvalue weighted by Crippen LogP contribution is -2.39.